The molecule has 0 unspecified atom stereocenters. The number of aliphatic hydroxyl groups is 1. The number of carbonyl (C=O) groups excluding carboxylic acids is 2. The highest BCUT2D eigenvalue weighted by molar-refractivity contribution is 5.78. The predicted molar refractivity (Wildman–Crippen MR) is 130 cm³/mol. The van der Waals surface area contributed by atoms with Crippen LogP contribution in [0.5, 0.6) is 11.5 Å². The summed E-state index contributed by atoms with van der Waals surface area (Å²) in [7, 11) is 1.25. The second-order valence-electron chi connectivity index (χ2n) is 8.23. The summed E-state index contributed by atoms with van der Waals surface area (Å²) in [6, 6.07) is 3.43. The van der Waals surface area contributed by atoms with Gasteiger partial charge in [0, 0.05) is 36.7 Å². The average molecular weight is 568 g/mol. The maximum Gasteiger partial charge on any atom is 0.346 e. The molecule has 214 valence electrons. The highest BCUT2D eigenvalue weighted by Gasteiger charge is 2.38. The Morgan fingerprint density at radius 3 is 1.52 bits per heavy atom. The van der Waals surface area contributed by atoms with Gasteiger partial charge in [-0.25, -0.2) is 4.79 Å². The predicted octanol–water partition coefficient (Wildman–Crippen LogP) is 1.64. The minimum Gasteiger partial charge on any atom is -0.472 e. The molecule has 19 nitrogen and oxygen atoms in total. The molecule has 0 saturated heterocycles. The van der Waals surface area contributed by atoms with Crippen LogP contribution in [0.2, 0.25) is 0 Å². The van der Waals surface area contributed by atoms with Gasteiger partial charge in [0.15, 0.2) is 20.0 Å². The van der Waals surface area contributed by atoms with E-state index in [2.05, 4.69) is 15.2 Å². The van der Waals surface area contributed by atoms with E-state index in [1.165, 1.54) is 20.9 Å². The summed E-state index contributed by atoms with van der Waals surface area (Å²) in [5, 5.41) is 53.2. The van der Waals surface area contributed by atoms with Crippen molar-refractivity contribution < 1.29 is 48.6 Å². The van der Waals surface area contributed by atoms with Crippen molar-refractivity contribution in [3.8, 4) is 11.5 Å². The smallest absolute Gasteiger partial charge is 0.346 e. The van der Waals surface area contributed by atoms with Gasteiger partial charge < -0.3 is 24.6 Å². The molecule has 1 amide bonds. The molecule has 0 fully saturated rings. The summed E-state index contributed by atoms with van der Waals surface area (Å²) in [5.41, 5.74) is -5.71. The number of hydrogen-bond acceptors (Lipinski definition) is 14. The Hall–Kier alpha value is -5.46. The minimum absolute atomic E-state index is 0.167. The van der Waals surface area contributed by atoms with E-state index in [-0.39, 0.29) is 11.1 Å². The number of nitro groups is 4. The van der Waals surface area contributed by atoms with E-state index in [4.69, 9.17) is 10.9 Å². The van der Waals surface area contributed by atoms with E-state index in [0.29, 0.717) is 0 Å². The third-order valence-corrected chi connectivity index (χ3v) is 5.51. The molecule has 19 heteroatoms. The van der Waals surface area contributed by atoms with Gasteiger partial charge in [0.2, 0.25) is 1.43 Å². The van der Waals surface area contributed by atoms with Gasteiger partial charge >= 0.3 is 28.7 Å². The summed E-state index contributed by atoms with van der Waals surface area (Å²) >= 11 is 0. The monoisotopic (exact) mass is 568 g/mol. The SMILES string of the molecule is [2H]OCOC(=O)COc1c([N+](=O)[O-])cc(C(C)(C)c2cc([N+](=O)[O-])c(OCC(=O)NC)c([N+](=O)[O-])c2)cc1[N+](=O)[O-]. The summed E-state index contributed by atoms with van der Waals surface area (Å²) in [4.78, 5) is 66.4. The highest BCUT2D eigenvalue weighted by Crippen LogP contribution is 2.46. The van der Waals surface area contributed by atoms with E-state index < -0.39 is 91.2 Å². The number of benzene rings is 2. The highest BCUT2D eigenvalue weighted by atomic mass is 16.7. The first-order valence-electron chi connectivity index (χ1n) is 11.2. The molecule has 40 heavy (non-hydrogen) atoms. The lowest BCUT2D eigenvalue weighted by Crippen LogP contribution is -2.25. The number of nitrogens with zero attached hydrogens (tertiary/aromatic N) is 4. The third-order valence-electron chi connectivity index (χ3n) is 5.51. The van der Waals surface area contributed by atoms with Crippen LogP contribution >= 0.6 is 0 Å². The summed E-state index contributed by atoms with van der Waals surface area (Å²) in [6.07, 6.45) is 0. The molecular weight excluding hydrogens is 546 g/mol. The van der Waals surface area contributed by atoms with Gasteiger partial charge in [-0.05, 0) is 11.1 Å². The Kier molecular flexibility index (Phi) is 9.01. The van der Waals surface area contributed by atoms with Crippen molar-refractivity contribution in [2.45, 2.75) is 19.3 Å². The van der Waals surface area contributed by atoms with Crippen LogP contribution in [0.15, 0.2) is 24.3 Å². The van der Waals surface area contributed by atoms with Crippen molar-refractivity contribution in [2.75, 3.05) is 27.1 Å². The maximum atomic E-state index is 11.8. The molecule has 0 saturated carbocycles. The molecule has 0 heterocycles. The Labute approximate surface area is 224 Å². The Morgan fingerprint density at radius 2 is 1.20 bits per heavy atom. The number of hydrogen-bond donors (Lipinski definition) is 2. The lowest BCUT2D eigenvalue weighted by molar-refractivity contribution is -0.396. The first-order chi connectivity index (χ1) is 19.1. The Balaban J connectivity index is 2.73. The van der Waals surface area contributed by atoms with Crippen LogP contribution in [-0.2, 0) is 19.7 Å². The van der Waals surface area contributed by atoms with Crippen molar-refractivity contribution in [1.82, 2.24) is 5.32 Å². The normalized spacial score (nSPS) is 11.1. The van der Waals surface area contributed by atoms with Crippen molar-refractivity contribution in [2.24, 2.45) is 0 Å². The molecule has 0 aliphatic rings. The lowest BCUT2D eigenvalue weighted by atomic mass is 9.77. The van der Waals surface area contributed by atoms with E-state index in [0.717, 1.165) is 24.3 Å². The van der Waals surface area contributed by atoms with Crippen LogP contribution < -0.4 is 14.8 Å². The van der Waals surface area contributed by atoms with E-state index >= 15 is 0 Å². The fourth-order valence-electron chi connectivity index (χ4n) is 3.37. The molecule has 0 atom stereocenters. The Bertz CT molecular complexity index is 1340. The number of rotatable bonds is 14. The quantitative estimate of drug-likeness (QED) is 0.142. The topological polar surface area (TPSA) is 267 Å². The van der Waals surface area contributed by atoms with Crippen molar-refractivity contribution in [3.63, 3.8) is 0 Å². The number of nitrogens with one attached hydrogen (secondary N) is 1. The average Bonchev–Trinajstić information content (AvgIpc) is 2.92. The minimum atomic E-state index is -1.59. The molecular formula is C21H21N5O14. The van der Waals surface area contributed by atoms with Crippen LogP contribution in [-0.4, -0.2) is 65.2 Å². The van der Waals surface area contributed by atoms with Crippen molar-refractivity contribution >= 4 is 34.6 Å². The number of likely N-dealkylation sites (N-methyl/N-ethyl adjacent to an activating group) is 1. The van der Waals surface area contributed by atoms with Gasteiger partial charge in [-0.15, -0.1) is 0 Å². The molecule has 2 rings (SSSR count). The summed E-state index contributed by atoms with van der Waals surface area (Å²) < 4.78 is 20.9. The third kappa shape index (κ3) is 6.69. The summed E-state index contributed by atoms with van der Waals surface area (Å²) in [5.74, 6) is -3.65. The number of esters is 1. The molecule has 0 radical (unpaired) electrons. The maximum absolute atomic E-state index is 11.8. The molecule has 0 bridgehead atoms. The second kappa shape index (κ2) is 12.4. The molecule has 2 aromatic rings. The molecule has 0 aliphatic carbocycles. The van der Waals surface area contributed by atoms with Gasteiger partial charge in [-0.2, -0.15) is 0 Å². The number of aliphatic hydroxyl groups excluding tert-OH is 1. The van der Waals surface area contributed by atoms with Gasteiger partial charge in [0.1, 0.15) is 0 Å². The molecule has 0 aliphatic heterocycles. The number of amides is 1. The first-order valence-corrected chi connectivity index (χ1v) is 10.8. The zero-order chi connectivity index (χ0) is 31.1. The lowest BCUT2D eigenvalue weighted by Gasteiger charge is -2.26. The largest absolute Gasteiger partial charge is 0.472 e. The van der Waals surface area contributed by atoms with E-state index in [1.807, 2.05) is 0 Å². The second-order valence-corrected chi connectivity index (χ2v) is 8.23. The van der Waals surface area contributed by atoms with Gasteiger partial charge in [-0.3, -0.25) is 45.3 Å². The molecule has 0 aromatic heterocycles. The van der Waals surface area contributed by atoms with Gasteiger partial charge in [-0.1, -0.05) is 13.8 Å². The van der Waals surface area contributed by atoms with Crippen molar-refractivity contribution in [1.29, 1.82) is 1.43 Å². The fraction of sp³-hybridized carbons (Fsp3) is 0.333. The zero-order valence-corrected chi connectivity index (χ0v) is 20.9. The number of carbonyl (C=O) groups is 2. The number of ether oxygens (including phenoxy) is 3. The van der Waals surface area contributed by atoms with Crippen LogP contribution in [0.4, 0.5) is 22.7 Å². The fourth-order valence-corrected chi connectivity index (χ4v) is 3.37. The van der Waals surface area contributed by atoms with E-state index in [1.54, 1.807) is 0 Å². The molecule has 0 spiro atoms. The van der Waals surface area contributed by atoms with E-state index in [9.17, 15) is 50.0 Å². The molecule has 2 aromatic carbocycles. The standard InChI is InChI=1S/C21H21N5O14/c1-21(2,11-4-13(23(30)31)19(14(5-11)24(32)33)38-8-17(28)22-3)12-6-15(25(34)35)20(16(7-12)26(36)37)39-9-18(29)40-10-27/h4-7,27H,8-10H2,1-3H3,(H,22,28)/i27D. The van der Waals surface area contributed by atoms with Crippen LogP contribution in [0.1, 0.15) is 25.0 Å². The zero-order valence-electron chi connectivity index (χ0n) is 21.9. The van der Waals surface area contributed by atoms with Crippen LogP contribution in [0.3, 0.4) is 0 Å². The summed E-state index contributed by atoms with van der Waals surface area (Å²) in [6.45, 7) is 0.0618. The Morgan fingerprint density at radius 1 is 0.825 bits per heavy atom. The van der Waals surface area contributed by atoms with Crippen LogP contribution in [0, 0.1) is 40.5 Å². The van der Waals surface area contributed by atoms with Crippen LogP contribution in [0.25, 0.3) is 0 Å². The molecule has 2 N–H and O–H groups in total. The number of nitro benzene ring substituents is 4. The first kappa shape index (κ1) is 29.1. The van der Waals surface area contributed by atoms with Gasteiger partial charge in [0.05, 0.1) is 19.7 Å². The van der Waals surface area contributed by atoms with Crippen molar-refractivity contribution in [3.05, 3.63) is 75.8 Å². The van der Waals surface area contributed by atoms with Gasteiger partial charge in [0.25, 0.3) is 17.4 Å².